The second-order valence-corrected chi connectivity index (χ2v) is 8.77. The van der Waals surface area contributed by atoms with Gasteiger partial charge in [-0.05, 0) is 44.0 Å². The Bertz CT molecular complexity index is 1070. The van der Waals surface area contributed by atoms with E-state index in [1.165, 1.54) is 0 Å². The van der Waals surface area contributed by atoms with Crippen LogP contribution in [0, 0.1) is 5.92 Å². The molecule has 0 saturated carbocycles. The molecule has 1 saturated heterocycles. The number of ether oxygens (including phenoxy) is 2. The first-order valence-electron chi connectivity index (χ1n) is 11.0. The SMILES string of the molecule is CC(C)COc1cccc(-c2cc(C(=O)N3C[C@@H](C)O[C@H](C)C3)c3ccccc3n2)c1. The molecule has 3 aromatic rings. The van der Waals surface area contributed by atoms with Crippen molar-refractivity contribution in [1.82, 2.24) is 9.88 Å². The molecule has 1 aliphatic heterocycles. The van der Waals surface area contributed by atoms with Crippen molar-refractivity contribution in [2.24, 2.45) is 5.92 Å². The molecule has 0 radical (unpaired) electrons. The van der Waals surface area contributed by atoms with Crippen LogP contribution in [0.25, 0.3) is 22.2 Å². The molecule has 1 amide bonds. The minimum Gasteiger partial charge on any atom is -0.493 e. The van der Waals surface area contributed by atoms with E-state index in [1.807, 2.05) is 73.3 Å². The Labute approximate surface area is 184 Å². The summed E-state index contributed by atoms with van der Waals surface area (Å²) >= 11 is 0. The van der Waals surface area contributed by atoms with E-state index in [1.54, 1.807) is 0 Å². The van der Waals surface area contributed by atoms with Crippen molar-refractivity contribution in [2.45, 2.75) is 39.9 Å². The van der Waals surface area contributed by atoms with Gasteiger partial charge < -0.3 is 14.4 Å². The lowest BCUT2D eigenvalue weighted by molar-refractivity contribution is -0.0585. The van der Waals surface area contributed by atoms with Gasteiger partial charge in [0.15, 0.2) is 0 Å². The zero-order valence-electron chi connectivity index (χ0n) is 18.7. The highest BCUT2D eigenvalue weighted by molar-refractivity contribution is 6.07. The van der Waals surface area contributed by atoms with E-state index in [9.17, 15) is 4.79 Å². The van der Waals surface area contributed by atoms with Crippen LogP contribution in [0.2, 0.25) is 0 Å². The molecule has 1 aliphatic rings. The van der Waals surface area contributed by atoms with Crippen molar-refractivity contribution in [3.8, 4) is 17.0 Å². The molecule has 1 fully saturated rings. The van der Waals surface area contributed by atoms with Crippen molar-refractivity contribution in [3.05, 3.63) is 60.2 Å². The van der Waals surface area contributed by atoms with Crippen LogP contribution in [0.1, 0.15) is 38.1 Å². The van der Waals surface area contributed by atoms with Crippen LogP contribution in [-0.4, -0.2) is 47.7 Å². The highest BCUT2D eigenvalue weighted by Gasteiger charge is 2.28. The molecule has 31 heavy (non-hydrogen) atoms. The van der Waals surface area contributed by atoms with Gasteiger partial charge in [0.25, 0.3) is 5.91 Å². The van der Waals surface area contributed by atoms with Crippen LogP contribution in [0.15, 0.2) is 54.6 Å². The van der Waals surface area contributed by atoms with Crippen LogP contribution in [-0.2, 0) is 4.74 Å². The number of aromatic nitrogens is 1. The predicted octanol–water partition coefficient (Wildman–Crippen LogP) is 5.19. The highest BCUT2D eigenvalue weighted by atomic mass is 16.5. The van der Waals surface area contributed by atoms with Gasteiger partial charge in [-0.3, -0.25) is 4.79 Å². The summed E-state index contributed by atoms with van der Waals surface area (Å²) in [5.74, 6) is 1.28. The number of amides is 1. The number of nitrogens with zero attached hydrogens (tertiary/aromatic N) is 2. The Hall–Kier alpha value is -2.92. The number of hydrogen-bond acceptors (Lipinski definition) is 4. The summed E-state index contributed by atoms with van der Waals surface area (Å²) in [5.41, 5.74) is 3.19. The van der Waals surface area contributed by atoms with E-state index in [4.69, 9.17) is 14.5 Å². The monoisotopic (exact) mass is 418 g/mol. The lowest BCUT2D eigenvalue weighted by atomic mass is 10.0. The molecule has 5 nitrogen and oxygen atoms in total. The second-order valence-electron chi connectivity index (χ2n) is 8.77. The number of carbonyl (C=O) groups is 1. The van der Waals surface area contributed by atoms with E-state index >= 15 is 0 Å². The summed E-state index contributed by atoms with van der Waals surface area (Å²) in [4.78, 5) is 20.3. The minimum absolute atomic E-state index is 0.0223. The smallest absolute Gasteiger partial charge is 0.254 e. The van der Waals surface area contributed by atoms with Gasteiger partial charge in [0, 0.05) is 24.0 Å². The Morgan fingerprint density at radius 3 is 2.58 bits per heavy atom. The quantitative estimate of drug-likeness (QED) is 0.572. The molecule has 0 N–H and O–H groups in total. The zero-order chi connectivity index (χ0) is 22.0. The van der Waals surface area contributed by atoms with Crippen LogP contribution < -0.4 is 4.74 Å². The average molecular weight is 419 g/mol. The Balaban J connectivity index is 1.74. The molecule has 2 heterocycles. The summed E-state index contributed by atoms with van der Waals surface area (Å²) in [7, 11) is 0. The van der Waals surface area contributed by atoms with Gasteiger partial charge in [0.05, 0.1) is 35.6 Å². The van der Waals surface area contributed by atoms with E-state index in [0.717, 1.165) is 27.9 Å². The molecule has 2 aromatic carbocycles. The summed E-state index contributed by atoms with van der Waals surface area (Å²) in [5, 5.41) is 0.871. The number of para-hydroxylation sites is 1. The minimum atomic E-state index is 0.0223. The molecule has 0 unspecified atom stereocenters. The van der Waals surface area contributed by atoms with E-state index < -0.39 is 0 Å². The molecule has 0 bridgehead atoms. The van der Waals surface area contributed by atoms with Gasteiger partial charge in [-0.1, -0.05) is 44.2 Å². The van der Waals surface area contributed by atoms with Crippen molar-refractivity contribution in [1.29, 1.82) is 0 Å². The number of fused-ring (bicyclic) bond motifs is 1. The summed E-state index contributed by atoms with van der Waals surface area (Å²) in [6.07, 6.45) is 0.0464. The van der Waals surface area contributed by atoms with Crippen molar-refractivity contribution >= 4 is 16.8 Å². The van der Waals surface area contributed by atoms with Crippen LogP contribution in [0.4, 0.5) is 0 Å². The Kier molecular flexibility index (Phi) is 6.23. The van der Waals surface area contributed by atoms with Crippen LogP contribution in [0.3, 0.4) is 0 Å². The number of morpholine rings is 1. The molecule has 0 aliphatic carbocycles. The molecule has 2 atom stereocenters. The topological polar surface area (TPSA) is 51.7 Å². The lowest BCUT2D eigenvalue weighted by Gasteiger charge is -2.35. The number of pyridine rings is 1. The Morgan fingerprint density at radius 1 is 1.10 bits per heavy atom. The van der Waals surface area contributed by atoms with Crippen molar-refractivity contribution < 1.29 is 14.3 Å². The number of benzene rings is 2. The van der Waals surface area contributed by atoms with Gasteiger partial charge in [-0.2, -0.15) is 0 Å². The molecule has 4 rings (SSSR count). The van der Waals surface area contributed by atoms with Gasteiger partial charge >= 0.3 is 0 Å². The molecule has 1 aromatic heterocycles. The first-order chi connectivity index (χ1) is 14.9. The lowest BCUT2D eigenvalue weighted by Crippen LogP contribution is -2.48. The van der Waals surface area contributed by atoms with Gasteiger partial charge in [-0.25, -0.2) is 4.98 Å². The molecular formula is C26H30N2O3. The highest BCUT2D eigenvalue weighted by Crippen LogP contribution is 2.29. The third-order valence-corrected chi connectivity index (χ3v) is 5.37. The third kappa shape index (κ3) is 4.88. The predicted molar refractivity (Wildman–Crippen MR) is 123 cm³/mol. The maximum Gasteiger partial charge on any atom is 0.254 e. The molecule has 162 valence electrons. The summed E-state index contributed by atoms with van der Waals surface area (Å²) < 4.78 is 11.7. The fourth-order valence-electron chi connectivity index (χ4n) is 4.02. The number of rotatable bonds is 5. The maximum atomic E-state index is 13.6. The van der Waals surface area contributed by atoms with E-state index in [2.05, 4.69) is 13.8 Å². The van der Waals surface area contributed by atoms with Crippen LogP contribution in [0.5, 0.6) is 5.75 Å². The van der Waals surface area contributed by atoms with Crippen LogP contribution >= 0.6 is 0 Å². The largest absolute Gasteiger partial charge is 0.493 e. The summed E-state index contributed by atoms with van der Waals surface area (Å²) in [6, 6.07) is 17.7. The summed E-state index contributed by atoms with van der Waals surface area (Å²) in [6.45, 7) is 10.1. The van der Waals surface area contributed by atoms with Crippen molar-refractivity contribution in [3.63, 3.8) is 0 Å². The third-order valence-electron chi connectivity index (χ3n) is 5.37. The van der Waals surface area contributed by atoms with E-state index in [0.29, 0.717) is 31.2 Å². The fraction of sp³-hybridized carbons (Fsp3) is 0.385. The van der Waals surface area contributed by atoms with Gasteiger partial charge in [0.1, 0.15) is 5.75 Å². The van der Waals surface area contributed by atoms with Crippen molar-refractivity contribution in [2.75, 3.05) is 19.7 Å². The first-order valence-corrected chi connectivity index (χ1v) is 11.0. The van der Waals surface area contributed by atoms with E-state index in [-0.39, 0.29) is 18.1 Å². The first kappa shape index (κ1) is 21.3. The number of hydrogen-bond donors (Lipinski definition) is 0. The molecule has 0 spiro atoms. The van der Waals surface area contributed by atoms with Gasteiger partial charge in [0.2, 0.25) is 0 Å². The Morgan fingerprint density at radius 2 is 1.84 bits per heavy atom. The average Bonchev–Trinajstić information content (AvgIpc) is 2.76. The number of carbonyl (C=O) groups excluding carboxylic acids is 1. The van der Waals surface area contributed by atoms with Gasteiger partial charge in [-0.15, -0.1) is 0 Å². The normalized spacial score (nSPS) is 19.1. The second kappa shape index (κ2) is 9.06. The zero-order valence-corrected chi connectivity index (χ0v) is 18.7. The molecule has 5 heteroatoms. The fourth-order valence-corrected chi connectivity index (χ4v) is 4.02. The maximum absolute atomic E-state index is 13.6. The standard InChI is InChI=1S/C26H30N2O3/c1-17(2)16-30-21-9-7-8-20(12-21)25-13-23(22-10-5-6-11-24(22)27-25)26(29)28-14-18(3)31-19(4)15-28/h5-13,17-19H,14-16H2,1-4H3/t18-,19-/m1/s1. The molecular weight excluding hydrogens is 388 g/mol.